The molecule has 1 aliphatic rings. The number of aromatic nitrogens is 2. The van der Waals surface area contributed by atoms with Crippen LogP contribution in [-0.2, 0) is 6.42 Å². The van der Waals surface area contributed by atoms with Crippen molar-refractivity contribution < 1.29 is 4.74 Å². The molecule has 3 heteroatoms. The van der Waals surface area contributed by atoms with Gasteiger partial charge in [-0.05, 0) is 60.9 Å². The molecule has 2 aromatic rings. The largest absolute Gasteiger partial charge is 0.494 e. The van der Waals surface area contributed by atoms with Crippen LogP contribution in [0.3, 0.4) is 0 Å². The van der Waals surface area contributed by atoms with E-state index in [1.54, 1.807) is 0 Å². The van der Waals surface area contributed by atoms with Crippen molar-refractivity contribution >= 4 is 0 Å². The first-order valence-corrected chi connectivity index (χ1v) is 13.3. The Balaban J connectivity index is 1.28. The maximum atomic E-state index is 6.00. The summed E-state index contributed by atoms with van der Waals surface area (Å²) in [5.74, 6) is 3.66. The molecule has 1 saturated carbocycles. The number of ether oxygens (including phenoxy) is 1. The van der Waals surface area contributed by atoms with E-state index < -0.39 is 0 Å². The molecule has 0 bridgehead atoms. The summed E-state index contributed by atoms with van der Waals surface area (Å²) in [7, 11) is 0. The monoisotopic (exact) mass is 436 g/mol. The second-order valence-electron chi connectivity index (χ2n) is 9.77. The Hall–Kier alpha value is -1.90. The van der Waals surface area contributed by atoms with Crippen LogP contribution in [0.1, 0.15) is 103 Å². The van der Waals surface area contributed by atoms with E-state index in [9.17, 15) is 0 Å². The van der Waals surface area contributed by atoms with Crippen molar-refractivity contribution in [1.29, 1.82) is 0 Å². The van der Waals surface area contributed by atoms with Crippen molar-refractivity contribution in [1.82, 2.24) is 9.97 Å². The fraction of sp³-hybridized carbons (Fsp3) is 0.655. The second kappa shape index (κ2) is 14.3. The van der Waals surface area contributed by atoms with Crippen LogP contribution in [-0.4, -0.2) is 16.6 Å². The van der Waals surface area contributed by atoms with Crippen molar-refractivity contribution in [2.45, 2.75) is 104 Å². The molecule has 1 aliphatic carbocycles. The van der Waals surface area contributed by atoms with Gasteiger partial charge in [0.2, 0.25) is 0 Å². The summed E-state index contributed by atoms with van der Waals surface area (Å²) in [4.78, 5) is 9.01. The first-order chi connectivity index (χ1) is 15.8. The second-order valence-corrected chi connectivity index (χ2v) is 9.77. The van der Waals surface area contributed by atoms with Gasteiger partial charge in [-0.1, -0.05) is 84.5 Å². The summed E-state index contributed by atoms with van der Waals surface area (Å²) in [6, 6.07) is 8.22. The molecule has 0 saturated heterocycles. The van der Waals surface area contributed by atoms with Gasteiger partial charge in [-0.3, -0.25) is 0 Å². The van der Waals surface area contributed by atoms with Crippen molar-refractivity contribution in [2.75, 3.05) is 6.61 Å². The molecule has 1 heterocycles. The molecule has 0 unspecified atom stereocenters. The summed E-state index contributed by atoms with van der Waals surface area (Å²) in [6.07, 6.45) is 22.9. The molecule has 1 aromatic carbocycles. The third-order valence-electron chi connectivity index (χ3n) is 7.06. The Labute approximate surface area is 196 Å². The average Bonchev–Trinajstić information content (AvgIpc) is 2.84. The molecule has 0 N–H and O–H groups in total. The van der Waals surface area contributed by atoms with Crippen molar-refractivity contribution in [2.24, 2.45) is 11.8 Å². The SMILES string of the molecule is CCCCCCC[C@H]1CC[C@H](CCCOc2ccc(-c3ncc(CCC)cn3)cc2)CC1. The zero-order chi connectivity index (χ0) is 22.4. The zero-order valence-electron chi connectivity index (χ0n) is 20.5. The quantitative estimate of drug-likeness (QED) is 0.279. The van der Waals surface area contributed by atoms with E-state index in [2.05, 4.69) is 35.9 Å². The van der Waals surface area contributed by atoms with E-state index in [1.807, 2.05) is 24.5 Å². The van der Waals surface area contributed by atoms with Gasteiger partial charge in [0.25, 0.3) is 0 Å². The fourth-order valence-corrected chi connectivity index (χ4v) is 5.03. The number of benzene rings is 1. The van der Waals surface area contributed by atoms with Gasteiger partial charge in [0.1, 0.15) is 5.75 Å². The summed E-state index contributed by atoms with van der Waals surface area (Å²) in [5.41, 5.74) is 2.25. The maximum Gasteiger partial charge on any atom is 0.159 e. The minimum atomic E-state index is 0.785. The van der Waals surface area contributed by atoms with Crippen molar-refractivity contribution in [3.05, 3.63) is 42.2 Å². The van der Waals surface area contributed by atoms with Gasteiger partial charge in [0.05, 0.1) is 6.61 Å². The first kappa shape index (κ1) is 24.7. The minimum Gasteiger partial charge on any atom is -0.494 e. The number of hydrogen-bond acceptors (Lipinski definition) is 3. The van der Waals surface area contributed by atoms with Gasteiger partial charge in [-0.25, -0.2) is 9.97 Å². The number of unbranched alkanes of at least 4 members (excludes halogenated alkanes) is 4. The van der Waals surface area contributed by atoms with Crippen LogP contribution in [0, 0.1) is 11.8 Å². The number of rotatable bonds is 14. The molecule has 0 atom stereocenters. The van der Waals surface area contributed by atoms with Crippen LogP contribution in [0.15, 0.2) is 36.7 Å². The average molecular weight is 437 g/mol. The van der Waals surface area contributed by atoms with E-state index in [-0.39, 0.29) is 0 Å². The van der Waals surface area contributed by atoms with E-state index in [0.29, 0.717) is 0 Å². The highest BCUT2D eigenvalue weighted by Gasteiger charge is 2.20. The Morgan fingerprint density at radius 2 is 1.38 bits per heavy atom. The van der Waals surface area contributed by atoms with E-state index in [0.717, 1.165) is 54.8 Å². The van der Waals surface area contributed by atoms with Gasteiger partial charge in [0, 0.05) is 18.0 Å². The number of aryl methyl sites for hydroxylation is 1. The molecule has 32 heavy (non-hydrogen) atoms. The highest BCUT2D eigenvalue weighted by atomic mass is 16.5. The van der Waals surface area contributed by atoms with E-state index >= 15 is 0 Å². The molecule has 3 rings (SSSR count). The normalized spacial score (nSPS) is 18.6. The van der Waals surface area contributed by atoms with Gasteiger partial charge in [0.15, 0.2) is 5.82 Å². The lowest BCUT2D eigenvalue weighted by Gasteiger charge is -2.28. The Morgan fingerprint density at radius 1 is 0.750 bits per heavy atom. The zero-order valence-corrected chi connectivity index (χ0v) is 20.5. The van der Waals surface area contributed by atoms with Crippen molar-refractivity contribution in [3.63, 3.8) is 0 Å². The molecular formula is C29H44N2O. The summed E-state index contributed by atoms with van der Waals surface area (Å²) in [5, 5.41) is 0. The molecule has 0 amide bonds. The topological polar surface area (TPSA) is 35.0 Å². The summed E-state index contributed by atoms with van der Waals surface area (Å²) >= 11 is 0. The standard InChI is InChI=1S/C29H44N2O/c1-3-5-6-7-8-11-24-13-15-25(16-14-24)12-9-21-32-28-19-17-27(18-20-28)29-30-22-26(10-4-2)23-31-29/h17-20,22-25H,3-16,21H2,1-2H3/t24-,25-. The molecule has 0 spiro atoms. The van der Waals surface area contributed by atoms with E-state index in [1.165, 1.54) is 76.2 Å². The minimum absolute atomic E-state index is 0.785. The van der Waals surface area contributed by atoms with Gasteiger partial charge < -0.3 is 4.74 Å². The number of hydrogen-bond donors (Lipinski definition) is 0. The molecule has 1 fully saturated rings. The van der Waals surface area contributed by atoms with Crippen LogP contribution in [0.25, 0.3) is 11.4 Å². The smallest absolute Gasteiger partial charge is 0.159 e. The molecular weight excluding hydrogens is 392 g/mol. The van der Waals surface area contributed by atoms with Crippen LogP contribution in [0.2, 0.25) is 0 Å². The first-order valence-electron chi connectivity index (χ1n) is 13.3. The molecule has 1 aromatic heterocycles. The van der Waals surface area contributed by atoms with Crippen molar-refractivity contribution in [3.8, 4) is 17.1 Å². The lowest BCUT2D eigenvalue weighted by atomic mass is 9.78. The third-order valence-corrected chi connectivity index (χ3v) is 7.06. The molecule has 176 valence electrons. The van der Waals surface area contributed by atoms with E-state index in [4.69, 9.17) is 4.74 Å². The number of nitrogens with zero attached hydrogens (tertiary/aromatic N) is 2. The third kappa shape index (κ3) is 8.56. The van der Waals surface area contributed by atoms with Gasteiger partial charge in [-0.15, -0.1) is 0 Å². The predicted molar refractivity (Wildman–Crippen MR) is 135 cm³/mol. The Morgan fingerprint density at radius 3 is 2.00 bits per heavy atom. The highest BCUT2D eigenvalue weighted by molar-refractivity contribution is 5.55. The predicted octanol–water partition coefficient (Wildman–Crippen LogP) is 8.42. The van der Waals surface area contributed by atoms with Gasteiger partial charge >= 0.3 is 0 Å². The summed E-state index contributed by atoms with van der Waals surface area (Å²) < 4.78 is 6.00. The fourth-order valence-electron chi connectivity index (χ4n) is 5.03. The summed E-state index contributed by atoms with van der Waals surface area (Å²) in [6.45, 7) is 5.29. The molecule has 3 nitrogen and oxygen atoms in total. The van der Waals surface area contributed by atoms with Crippen LogP contribution in [0.5, 0.6) is 5.75 Å². The Bertz CT molecular complexity index is 733. The molecule has 0 radical (unpaired) electrons. The maximum absolute atomic E-state index is 6.00. The molecule has 0 aliphatic heterocycles. The van der Waals surface area contributed by atoms with Crippen LogP contribution >= 0.6 is 0 Å². The lowest BCUT2D eigenvalue weighted by Crippen LogP contribution is -2.15. The van der Waals surface area contributed by atoms with Crippen LogP contribution < -0.4 is 4.74 Å². The highest BCUT2D eigenvalue weighted by Crippen LogP contribution is 2.34. The Kier molecular flexibility index (Phi) is 11.0. The van der Waals surface area contributed by atoms with Crippen LogP contribution in [0.4, 0.5) is 0 Å². The van der Waals surface area contributed by atoms with Gasteiger partial charge in [-0.2, -0.15) is 0 Å². The lowest BCUT2D eigenvalue weighted by molar-refractivity contribution is 0.228.